The highest BCUT2D eigenvalue weighted by molar-refractivity contribution is 7.98. The summed E-state index contributed by atoms with van der Waals surface area (Å²) in [4.78, 5) is 16.5. The van der Waals surface area contributed by atoms with Gasteiger partial charge in [0.1, 0.15) is 5.03 Å². The minimum absolute atomic E-state index is 0.0927. The number of thioether (sulfide) groups is 1. The van der Waals surface area contributed by atoms with Crippen molar-refractivity contribution < 1.29 is 0 Å². The van der Waals surface area contributed by atoms with E-state index in [0.29, 0.717) is 0 Å². The highest BCUT2D eigenvalue weighted by Gasteiger charge is 2.21. The Kier molecular flexibility index (Phi) is 4.15. The van der Waals surface area contributed by atoms with E-state index in [1.807, 2.05) is 11.5 Å². The molecule has 0 amide bonds. The van der Waals surface area contributed by atoms with Crippen molar-refractivity contribution in [3.05, 3.63) is 57.1 Å². The highest BCUT2D eigenvalue weighted by Crippen LogP contribution is 2.31. The highest BCUT2D eigenvalue weighted by atomic mass is 32.2. The van der Waals surface area contributed by atoms with E-state index in [2.05, 4.69) is 36.2 Å². The van der Waals surface area contributed by atoms with Crippen molar-refractivity contribution in [2.24, 2.45) is 0 Å². The van der Waals surface area contributed by atoms with Crippen molar-refractivity contribution >= 4 is 11.8 Å². The van der Waals surface area contributed by atoms with Crippen LogP contribution in [0.15, 0.2) is 34.1 Å². The van der Waals surface area contributed by atoms with Gasteiger partial charge in [-0.2, -0.15) is 4.98 Å². The SMILES string of the molecule is CCn1c2c(c(SCc3cccc(C)c3)nc1=O)CCC2. The van der Waals surface area contributed by atoms with E-state index in [-0.39, 0.29) is 5.69 Å². The summed E-state index contributed by atoms with van der Waals surface area (Å²) in [6, 6.07) is 8.51. The lowest BCUT2D eigenvalue weighted by atomic mass is 10.2. The Morgan fingerprint density at radius 3 is 2.95 bits per heavy atom. The zero-order valence-corrected chi connectivity index (χ0v) is 13.4. The molecule has 0 atom stereocenters. The van der Waals surface area contributed by atoms with E-state index in [1.165, 1.54) is 22.4 Å². The molecule has 4 heteroatoms. The molecule has 1 aromatic heterocycles. The predicted molar refractivity (Wildman–Crippen MR) is 86.9 cm³/mol. The van der Waals surface area contributed by atoms with Gasteiger partial charge in [-0.05, 0) is 38.7 Å². The number of benzene rings is 1. The zero-order valence-electron chi connectivity index (χ0n) is 12.6. The van der Waals surface area contributed by atoms with Crippen LogP contribution in [0.1, 0.15) is 35.7 Å². The molecule has 3 rings (SSSR count). The quantitative estimate of drug-likeness (QED) is 0.641. The molecule has 0 spiro atoms. The van der Waals surface area contributed by atoms with E-state index in [9.17, 15) is 4.79 Å². The Labute approximate surface area is 129 Å². The molecule has 3 nitrogen and oxygen atoms in total. The first-order valence-electron chi connectivity index (χ1n) is 7.50. The zero-order chi connectivity index (χ0) is 14.8. The Morgan fingerprint density at radius 1 is 1.33 bits per heavy atom. The topological polar surface area (TPSA) is 34.9 Å². The van der Waals surface area contributed by atoms with Gasteiger partial charge in [0.2, 0.25) is 0 Å². The van der Waals surface area contributed by atoms with Crippen LogP contribution in [0.25, 0.3) is 0 Å². The third kappa shape index (κ3) is 2.91. The lowest BCUT2D eigenvalue weighted by Gasteiger charge is -2.12. The molecule has 110 valence electrons. The Balaban J connectivity index is 1.88. The first kappa shape index (κ1) is 14.4. The molecule has 2 aromatic rings. The minimum atomic E-state index is -0.0927. The van der Waals surface area contributed by atoms with E-state index < -0.39 is 0 Å². The summed E-state index contributed by atoms with van der Waals surface area (Å²) in [5, 5.41) is 0.943. The average Bonchev–Trinajstić information content (AvgIpc) is 2.94. The van der Waals surface area contributed by atoms with Crippen molar-refractivity contribution in [3.63, 3.8) is 0 Å². The van der Waals surface area contributed by atoms with E-state index in [1.54, 1.807) is 11.8 Å². The largest absolute Gasteiger partial charge is 0.348 e. The third-order valence-corrected chi connectivity index (χ3v) is 5.06. The lowest BCUT2D eigenvalue weighted by molar-refractivity contribution is 0.645. The summed E-state index contributed by atoms with van der Waals surface area (Å²) < 4.78 is 1.83. The van der Waals surface area contributed by atoms with Crippen molar-refractivity contribution in [1.29, 1.82) is 0 Å². The Hall–Kier alpha value is -1.55. The molecule has 1 aromatic carbocycles. The van der Waals surface area contributed by atoms with Crippen LogP contribution in [0.4, 0.5) is 0 Å². The molecule has 0 saturated heterocycles. The van der Waals surface area contributed by atoms with Gasteiger partial charge in [0, 0.05) is 23.6 Å². The molecule has 1 aliphatic rings. The number of rotatable bonds is 4. The van der Waals surface area contributed by atoms with E-state index in [4.69, 9.17) is 0 Å². The summed E-state index contributed by atoms with van der Waals surface area (Å²) in [6.07, 6.45) is 3.20. The van der Waals surface area contributed by atoms with Crippen LogP contribution in [-0.4, -0.2) is 9.55 Å². The smallest absolute Gasteiger partial charge is 0.296 e. The van der Waals surface area contributed by atoms with Crippen LogP contribution in [0.3, 0.4) is 0 Å². The van der Waals surface area contributed by atoms with Gasteiger partial charge in [0.15, 0.2) is 0 Å². The van der Waals surface area contributed by atoms with Crippen LogP contribution in [-0.2, 0) is 25.1 Å². The van der Waals surface area contributed by atoms with Gasteiger partial charge in [-0.15, -0.1) is 11.8 Å². The molecule has 21 heavy (non-hydrogen) atoms. The summed E-state index contributed by atoms with van der Waals surface area (Å²) >= 11 is 1.70. The van der Waals surface area contributed by atoms with Crippen LogP contribution in [0.2, 0.25) is 0 Å². The molecule has 0 radical (unpaired) electrons. The molecule has 0 saturated carbocycles. The van der Waals surface area contributed by atoms with Gasteiger partial charge in [-0.25, -0.2) is 4.79 Å². The monoisotopic (exact) mass is 300 g/mol. The second kappa shape index (κ2) is 6.06. The average molecular weight is 300 g/mol. The van der Waals surface area contributed by atoms with Gasteiger partial charge >= 0.3 is 5.69 Å². The van der Waals surface area contributed by atoms with Crippen molar-refractivity contribution in [2.45, 2.75) is 50.4 Å². The summed E-state index contributed by atoms with van der Waals surface area (Å²) in [5.41, 5.74) is 4.98. The maximum absolute atomic E-state index is 12.1. The minimum Gasteiger partial charge on any atom is -0.296 e. The van der Waals surface area contributed by atoms with Crippen LogP contribution < -0.4 is 5.69 Å². The van der Waals surface area contributed by atoms with Crippen LogP contribution >= 0.6 is 11.8 Å². The molecule has 0 fully saturated rings. The number of aromatic nitrogens is 2. The number of nitrogens with zero attached hydrogens (tertiary/aromatic N) is 2. The van der Waals surface area contributed by atoms with Crippen molar-refractivity contribution in [3.8, 4) is 0 Å². The summed E-state index contributed by atoms with van der Waals surface area (Å²) in [7, 11) is 0. The summed E-state index contributed by atoms with van der Waals surface area (Å²) in [6.45, 7) is 4.84. The van der Waals surface area contributed by atoms with Crippen molar-refractivity contribution in [1.82, 2.24) is 9.55 Å². The number of aryl methyl sites for hydroxylation is 1. The number of hydrogen-bond acceptors (Lipinski definition) is 3. The van der Waals surface area contributed by atoms with Crippen molar-refractivity contribution in [2.75, 3.05) is 0 Å². The molecule has 1 heterocycles. The predicted octanol–water partition coefficient (Wildman–Crippen LogP) is 3.35. The normalized spacial score (nSPS) is 13.4. The standard InChI is InChI=1S/C17H20N2OS/c1-3-19-15-9-5-8-14(15)16(18-17(19)20)21-11-13-7-4-6-12(2)10-13/h4,6-7,10H,3,5,8-9,11H2,1-2H3. The molecular formula is C17H20N2OS. The molecule has 0 unspecified atom stereocenters. The van der Waals surface area contributed by atoms with Crippen LogP contribution in [0.5, 0.6) is 0 Å². The van der Waals surface area contributed by atoms with Gasteiger partial charge < -0.3 is 0 Å². The van der Waals surface area contributed by atoms with Gasteiger partial charge in [0.05, 0.1) is 0 Å². The van der Waals surface area contributed by atoms with E-state index >= 15 is 0 Å². The maximum Gasteiger partial charge on any atom is 0.348 e. The van der Waals surface area contributed by atoms with Gasteiger partial charge in [0.25, 0.3) is 0 Å². The second-order valence-corrected chi connectivity index (χ2v) is 6.46. The van der Waals surface area contributed by atoms with E-state index in [0.717, 1.165) is 36.6 Å². The maximum atomic E-state index is 12.1. The molecule has 0 N–H and O–H groups in total. The molecule has 1 aliphatic carbocycles. The Morgan fingerprint density at radius 2 is 2.19 bits per heavy atom. The van der Waals surface area contributed by atoms with Gasteiger partial charge in [-0.3, -0.25) is 4.57 Å². The number of hydrogen-bond donors (Lipinski definition) is 0. The lowest BCUT2D eigenvalue weighted by Crippen LogP contribution is -2.26. The first-order valence-corrected chi connectivity index (χ1v) is 8.48. The fourth-order valence-electron chi connectivity index (χ4n) is 2.99. The Bertz CT molecular complexity index is 721. The molecular weight excluding hydrogens is 280 g/mol. The first-order chi connectivity index (χ1) is 10.2. The molecule has 0 bridgehead atoms. The summed E-state index contributed by atoms with van der Waals surface area (Å²) in [5.74, 6) is 0.872. The number of fused-ring (bicyclic) bond motifs is 1. The van der Waals surface area contributed by atoms with Crippen LogP contribution in [0, 0.1) is 6.92 Å². The fourth-order valence-corrected chi connectivity index (χ4v) is 4.01. The second-order valence-electron chi connectivity index (χ2n) is 5.50. The fraction of sp³-hybridized carbons (Fsp3) is 0.412. The van der Waals surface area contributed by atoms with Gasteiger partial charge in [-0.1, -0.05) is 29.8 Å². The third-order valence-electron chi connectivity index (χ3n) is 3.98. The molecule has 0 aliphatic heterocycles.